The molecule has 0 N–H and O–H groups in total. The lowest BCUT2D eigenvalue weighted by Crippen LogP contribution is -2.43. The van der Waals surface area contributed by atoms with Crippen LogP contribution in [0.3, 0.4) is 0 Å². The summed E-state index contributed by atoms with van der Waals surface area (Å²) in [7, 11) is 1.67. The molecule has 0 spiro atoms. The number of ether oxygens (including phenoxy) is 2. The second kappa shape index (κ2) is 7.75. The molecule has 1 aromatic carbocycles. The lowest BCUT2D eigenvalue weighted by atomic mass is 9.64. The summed E-state index contributed by atoms with van der Waals surface area (Å²) in [5.41, 5.74) is 1.15. The minimum absolute atomic E-state index is 0.0841. The third kappa shape index (κ3) is 4.12. The molecule has 0 bridgehead atoms. The predicted octanol–water partition coefficient (Wildman–Crippen LogP) is 4.34. The van der Waals surface area contributed by atoms with Crippen molar-refractivity contribution < 1.29 is 14.3 Å². The van der Waals surface area contributed by atoms with Crippen molar-refractivity contribution in [2.24, 2.45) is 11.8 Å². The first-order valence-corrected chi connectivity index (χ1v) is 8.66. The number of esters is 1. The molecule has 24 heavy (non-hydrogen) atoms. The highest BCUT2D eigenvalue weighted by molar-refractivity contribution is 5.88. The van der Waals surface area contributed by atoms with E-state index in [0.29, 0.717) is 5.92 Å². The predicted molar refractivity (Wildman–Crippen MR) is 95.9 cm³/mol. The van der Waals surface area contributed by atoms with Crippen LogP contribution in [-0.4, -0.2) is 19.2 Å². The van der Waals surface area contributed by atoms with Gasteiger partial charge in [0.05, 0.1) is 7.11 Å². The van der Waals surface area contributed by atoms with E-state index in [9.17, 15) is 4.79 Å². The fourth-order valence-corrected chi connectivity index (χ4v) is 3.79. The Kier molecular flexibility index (Phi) is 5.94. The fourth-order valence-electron chi connectivity index (χ4n) is 3.79. The summed E-state index contributed by atoms with van der Waals surface area (Å²) in [6.07, 6.45) is 3.04. The monoisotopic (exact) mass is 328 g/mol. The van der Waals surface area contributed by atoms with Crippen LogP contribution in [0.2, 0.25) is 0 Å². The van der Waals surface area contributed by atoms with Crippen LogP contribution in [0, 0.1) is 23.7 Å². The Morgan fingerprint density at radius 2 is 1.88 bits per heavy atom. The number of carbonyl (C=O) groups excluding carboxylic acids is 1. The number of hydrogen-bond acceptors (Lipinski definition) is 3. The zero-order valence-corrected chi connectivity index (χ0v) is 15.4. The summed E-state index contributed by atoms with van der Waals surface area (Å²) >= 11 is 0. The molecule has 130 valence electrons. The standard InChI is InChI=1S/C21H28O3/c1-6-7-20(22)24-19-14-15(2)8-13-18(19)21(3,4)16-9-11-17(23-5)12-10-16/h9-12,15,18-19H,8,13-14H2,1-5H3/t15-,18-,19-/m1/s1. The van der Waals surface area contributed by atoms with Crippen LogP contribution in [0.4, 0.5) is 0 Å². The van der Waals surface area contributed by atoms with Gasteiger partial charge in [-0.1, -0.05) is 45.2 Å². The first kappa shape index (κ1) is 18.4. The van der Waals surface area contributed by atoms with Crippen LogP contribution >= 0.6 is 0 Å². The minimum atomic E-state index is -0.410. The van der Waals surface area contributed by atoms with Crippen molar-refractivity contribution in [1.82, 2.24) is 0 Å². The van der Waals surface area contributed by atoms with E-state index in [1.165, 1.54) is 5.56 Å². The molecule has 1 aromatic rings. The summed E-state index contributed by atoms with van der Waals surface area (Å²) in [4.78, 5) is 11.9. The van der Waals surface area contributed by atoms with E-state index in [4.69, 9.17) is 9.47 Å². The average molecular weight is 328 g/mol. The van der Waals surface area contributed by atoms with E-state index in [1.54, 1.807) is 14.0 Å². The molecule has 0 radical (unpaired) electrons. The van der Waals surface area contributed by atoms with Gasteiger partial charge in [-0.2, -0.15) is 0 Å². The summed E-state index contributed by atoms with van der Waals surface area (Å²) in [6, 6.07) is 8.21. The number of benzene rings is 1. The molecule has 2 rings (SSSR count). The van der Waals surface area contributed by atoms with Crippen LogP contribution in [0.15, 0.2) is 24.3 Å². The summed E-state index contributed by atoms with van der Waals surface area (Å²) in [5, 5.41) is 0. The van der Waals surface area contributed by atoms with Crippen LogP contribution in [0.25, 0.3) is 0 Å². The summed E-state index contributed by atoms with van der Waals surface area (Å²) in [5.74, 6) is 6.43. The van der Waals surface area contributed by atoms with E-state index in [-0.39, 0.29) is 17.4 Å². The SMILES string of the molecule is CC#CC(=O)O[C@@H]1C[C@H](C)CC[C@H]1C(C)(C)c1ccc(OC)cc1. The molecule has 0 aromatic heterocycles. The van der Waals surface area contributed by atoms with Gasteiger partial charge < -0.3 is 9.47 Å². The second-order valence-corrected chi connectivity index (χ2v) is 7.29. The molecule has 0 heterocycles. The molecule has 3 nitrogen and oxygen atoms in total. The van der Waals surface area contributed by atoms with Crippen molar-refractivity contribution in [2.75, 3.05) is 7.11 Å². The Balaban J connectivity index is 2.25. The maximum absolute atomic E-state index is 11.9. The lowest BCUT2D eigenvalue weighted by molar-refractivity contribution is -0.149. The topological polar surface area (TPSA) is 35.5 Å². The van der Waals surface area contributed by atoms with Crippen molar-refractivity contribution >= 4 is 5.97 Å². The van der Waals surface area contributed by atoms with Crippen molar-refractivity contribution in [2.45, 2.75) is 58.5 Å². The second-order valence-electron chi connectivity index (χ2n) is 7.29. The Morgan fingerprint density at radius 3 is 2.46 bits per heavy atom. The van der Waals surface area contributed by atoms with Gasteiger partial charge in [-0.15, -0.1) is 0 Å². The zero-order valence-electron chi connectivity index (χ0n) is 15.4. The smallest absolute Gasteiger partial charge is 0.384 e. The number of methoxy groups -OCH3 is 1. The molecule has 3 heteroatoms. The Hall–Kier alpha value is -1.95. The van der Waals surface area contributed by atoms with Gasteiger partial charge in [0.1, 0.15) is 11.9 Å². The molecule has 0 saturated heterocycles. The highest BCUT2D eigenvalue weighted by Crippen LogP contribution is 2.43. The summed E-state index contributed by atoms with van der Waals surface area (Å²) in [6.45, 7) is 8.36. The van der Waals surface area contributed by atoms with Gasteiger partial charge in [0.15, 0.2) is 0 Å². The van der Waals surface area contributed by atoms with Crippen LogP contribution in [0.5, 0.6) is 5.75 Å². The van der Waals surface area contributed by atoms with Crippen LogP contribution < -0.4 is 4.74 Å². The molecule has 1 saturated carbocycles. The van der Waals surface area contributed by atoms with Gasteiger partial charge in [0.2, 0.25) is 0 Å². The maximum atomic E-state index is 11.9. The Labute approximate surface area is 145 Å². The number of rotatable bonds is 4. The highest BCUT2D eigenvalue weighted by atomic mass is 16.5. The molecule has 1 aliphatic carbocycles. The van der Waals surface area contributed by atoms with E-state index >= 15 is 0 Å². The van der Waals surface area contributed by atoms with Crippen molar-refractivity contribution in [3.63, 3.8) is 0 Å². The molecule has 1 aliphatic rings. The molecule has 3 atom stereocenters. The number of hydrogen-bond donors (Lipinski definition) is 0. The average Bonchev–Trinajstić information content (AvgIpc) is 2.55. The van der Waals surface area contributed by atoms with Gasteiger partial charge in [0, 0.05) is 11.8 Å². The highest BCUT2D eigenvalue weighted by Gasteiger charge is 2.41. The molecule has 0 aliphatic heterocycles. The lowest BCUT2D eigenvalue weighted by Gasteiger charge is -2.43. The Bertz CT molecular complexity index is 619. The first-order valence-electron chi connectivity index (χ1n) is 8.66. The fraction of sp³-hybridized carbons (Fsp3) is 0.571. The Morgan fingerprint density at radius 1 is 1.21 bits per heavy atom. The summed E-state index contributed by atoms with van der Waals surface area (Å²) < 4.78 is 11.0. The van der Waals surface area contributed by atoms with Gasteiger partial charge in [0.25, 0.3) is 0 Å². The van der Waals surface area contributed by atoms with Gasteiger partial charge in [-0.25, -0.2) is 4.79 Å². The van der Waals surface area contributed by atoms with Gasteiger partial charge in [-0.3, -0.25) is 0 Å². The molecule has 0 unspecified atom stereocenters. The van der Waals surface area contributed by atoms with Crippen LogP contribution in [0.1, 0.15) is 52.5 Å². The van der Waals surface area contributed by atoms with Crippen molar-refractivity contribution in [3.05, 3.63) is 29.8 Å². The quantitative estimate of drug-likeness (QED) is 0.468. The van der Waals surface area contributed by atoms with Crippen molar-refractivity contribution in [1.29, 1.82) is 0 Å². The minimum Gasteiger partial charge on any atom is -0.497 e. The van der Waals surface area contributed by atoms with E-state index in [0.717, 1.165) is 25.0 Å². The molecular weight excluding hydrogens is 300 g/mol. The van der Waals surface area contributed by atoms with E-state index in [1.807, 2.05) is 12.1 Å². The van der Waals surface area contributed by atoms with Gasteiger partial charge in [-0.05, 0) is 48.8 Å². The molecular formula is C21H28O3. The van der Waals surface area contributed by atoms with Crippen molar-refractivity contribution in [3.8, 4) is 17.6 Å². The normalized spacial score (nSPS) is 23.8. The molecule has 0 amide bonds. The maximum Gasteiger partial charge on any atom is 0.384 e. The first-order chi connectivity index (χ1) is 11.4. The third-order valence-corrected chi connectivity index (χ3v) is 5.30. The van der Waals surface area contributed by atoms with E-state index < -0.39 is 5.97 Å². The molecule has 1 fully saturated rings. The zero-order chi connectivity index (χ0) is 17.7. The number of carbonyl (C=O) groups is 1. The van der Waals surface area contributed by atoms with Gasteiger partial charge >= 0.3 is 5.97 Å². The third-order valence-electron chi connectivity index (χ3n) is 5.30. The largest absolute Gasteiger partial charge is 0.497 e. The van der Waals surface area contributed by atoms with E-state index in [2.05, 4.69) is 44.7 Å². The van der Waals surface area contributed by atoms with Crippen LogP contribution in [-0.2, 0) is 14.9 Å².